The van der Waals surface area contributed by atoms with Gasteiger partial charge in [0.25, 0.3) is 5.91 Å². The van der Waals surface area contributed by atoms with Crippen LogP contribution in [0.25, 0.3) is 0 Å². The Balaban J connectivity index is 2.00. The van der Waals surface area contributed by atoms with E-state index in [-0.39, 0.29) is 5.91 Å². The third-order valence-corrected chi connectivity index (χ3v) is 6.38. The van der Waals surface area contributed by atoms with Gasteiger partial charge in [-0.1, -0.05) is 18.2 Å². The number of aryl methyl sites for hydroxylation is 1. The lowest BCUT2D eigenvalue weighted by Crippen LogP contribution is -2.44. The minimum Gasteiger partial charge on any atom is -0.358 e. The van der Waals surface area contributed by atoms with Gasteiger partial charge in [0.15, 0.2) is 9.84 Å². The van der Waals surface area contributed by atoms with E-state index in [0.717, 1.165) is 5.56 Å². The SMILES string of the molecule is CNC(=O)CS(=O)(=O)C1CCN(C(=O)c2ccccc2C)CC1. The Morgan fingerprint density at radius 2 is 1.83 bits per heavy atom. The van der Waals surface area contributed by atoms with Gasteiger partial charge in [-0.3, -0.25) is 9.59 Å². The Morgan fingerprint density at radius 3 is 2.39 bits per heavy atom. The highest BCUT2D eigenvalue weighted by Gasteiger charge is 2.33. The summed E-state index contributed by atoms with van der Waals surface area (Å²) in [5.74, 6) is -1.05. The number of nitrogens with one attached hydrogen (secondary N) is 1. The van der Waals surface area contributed by atoms with Crippen LogP contribution in [0.2, 0.25) is 0 Å². The Morgan fingerprint density at radius 1 is 1.22 bits per heavy atom. The molecule has 1 N–H and O–H groups in total. The molecule has 0 unspecified atom stereocenters. The number of amides is 2. The zero-order valence-corrected chi connectivity index (χ0v) is 14.2. The normalized spacial score (nSPS) is 16.2. The van der Waals surface area contributed by atoms with Crippen LogP contribution >= 0.6 is 0 Å². The third-order valence-electron chi connectivity index (χ3n) is 4.22. The highest BCUT2D eigenvalue weighted by molar-refractivity contribution is 7.92. The summed E-state index contributed by atoms with van der Waals surface area (Å²) in [5.41, 5.74) is 1.56. The monoisotopic (exact) mass is 338 g/mol. The molecule has 7 heteroatoms. The van der Waals surface area contributed by atoms with Crippen LogP contribution in [0.3, 0.4) is 0 Å². The molecule has 0 aliphatic carbocycles. The molecular formula is C16H22N2O4S. The minimum absolute atomic E-state index is 0.0646. The number of piperidine rings is 1. The molecule has 1 heterocycles. The minimum atomic E-state index is -3.47. The van der Waals surface area contributed by atoms with Crippen molar-refractivity contribution in [2.45, 2.75) is 25.0 Å². The van der Waals surface area contributed by atoms with Crippen LogP contribution in [0, 0.1) is 6.92 Å². The van der Waals surface area contributed by atoms with Gasteiger partial charge in [-0.15, -0.1) is 0 Å². The van der Waals surface area contributed by atoms with Crippen LogP contribution in [-0.2, 0) is 14.6 Å². The molecule has 0 spiro atoms. The molecule has 0 radical (unpaired) electrons. The van der Waals surface area contributed by atoms with Gasteiger partial charge in [0.2, 0.25) is 5.91 Å². The molecule has 1 fully saturated rings. The molecule has 2 rings (SSSR count). The fraction of sp³-hybridized carbons (Fsp3) is 0.500. The maximum Gasteiger partial charge on any atom is 0.254 e. The van der Waals surface area contributed by atoms with E-state index in [4.69, 9.17) is 0 Å². The molecule has 1 aromatic carbocycles. The van der Waals surface area contributed by atoms with E-state index in [2.05, 4.69) is 5.32 Å². The highest BCUT2D eigenvalue weighted by Crippen LogP contribution is 2.21. The average molecular weight is 338 g/mol. The Kier molecular flexibility index (Phi) is 5.41. The summed E-state index contributed by atoms with van der Waals surface area (Å²) in [6, 6.07) is 7.37. The van der Waals surface area contributed by atoms with E-state index in [0.29, 0.717) is 31.5 Å². The van der Waals surface area contributed by atoms with Crippen molar-refractivity contribution in [3.8, 4) is 0 Å². The van der Waals surface area contributed by atoms with Gasteiger partial charge in [0.05, 0.1) is 5.25 Å². The molecule has 0 aromatic heterocycles. The number of rotatable bonds is 4. The van der Waals surface area contributed by atoms with E-state index >= 15 is 0 Å². The average Bonchev–Trinajstić information content (AvgIpc) is 2.54. The second-order valence-electron chi connectivity index (χ2n) is 5.79. The quantitative estimate of drug-likeness (QED) is 0.878. The van der Waals surface area contributed by atoms with Crippen LogP contribution in [-0.4, -0.2) is 56.3 Å². The first-order valence-electron chi connectivity index (χ1n) is 7.62. The number of nitrogens with zero attached hydrogens (tertiary/aromatic N) is 1. The first-order chi connectivity index (χ1) is 10.8. The lowest BCUT2D eigenvalue weighted by atomic mass is 10.1. The van der Waals surface area contributed by atoms with Crippen molar-refractivity contribution in [3.63, 3.8) is 0 Å². The fourth-order valence-electron chi connectivity index (χ4n) is 2.77. The topological polar surface area (TPSA) is 83.6 Å². The summed E-state index contributed by atoms with van der Waals surface area (Å²) < 4.78 is 24.4. The molecule has 23 heavy (non-hydrogen) atoms. The maximum atomic E-state index is 12.5. The molecule has 6 nitrogen and oxygen atoms in total. The molecule has 1 aromatic rings. The first-order valence-corrected chi connectivity index (χ1v) is 9.33. The third kappa shape index (κ3) is 4.10. The summed E-state index contributed by atoms with van der Waals surface area (Å²) in [5, 5.41) is 1.78. The summed E-state index contributed by atoms with van der Waals surface area (Å²) >= 11 is 0. The number of carbonyl (C=O) groups excluding carboxylic acids is 2. The number of hydrogen-bond acceptors (Lipinski definition) is 4. The van der Waals surface area contributed by atoms with Crippen molar-refractivity contribution in [2.75, 3.05) is 25.9 Å². The van der Waals surface area contributed by atoms with Crippen LogP contribution in [0.1, 0.15) is 28.8 Å². The second-order valence-corrected chi connectivity index (χ2v) is 8.07. The van der Waals surface area contributed by atoms with Crippen molar-refractivity contribution in [1.82, 2.24) is 10.2 Å². The summed E-state index contributed by atoms with van der Waals surface area (Å²) in [4.78, 5) is 25.5. The number of likely N-dealkylation sites (tertiary alicyclic amines) is 1. The zero-order chi connectivity index (χ0) is 17.0. The lowest BCUT2D eigenvalue weighted by molar-refractivity contribution is -0.118. The number of carbonyl (C=O) groups is 2. The van der Waals surface area contributed by atoms with Crippen molar-refractivity contribution >= 4 is 21.7 Å². The predicted molar refractivity (Wildman–Crippen MR) is 88.0 cm³/mol. The fourth-order valence-corrected chi connectivity index (χ4v) is 4.45. The summed E-state index contributed by atoms with van der Waals surface area (Å²) in [7, 11) is -2.05. The van der Waals surface area contributed by atoms with Crippen LogP contribution in [0.15, 0.2) is 24.3 Å². The van der Waals surface area contributed by atoms with Gasteiger partial charge in [-0.05, 0) is 31.4 Å². The second kappa shape index (κ2) is 7.12. The van der Waals surface area contributed by atoms with Gasteiger partial charge in [-0.25, -0.2) is 8.42 Å². The van der Waals surface area contributed by atoms with E-state index in [1.54, 1.807) is 11.0 Å². The number of hydrogen-bond donors (Lipinski definition) is 1. The number of benzene rings is 1. The van der Waals surface area contributed by atoms with Crippen molar-refractivity contribution < 1.29 is 18.0 Å². The standard InChI is InChI=1S/C16H22N2O4S/c1-12-5-3-4-6-14(12)16(20)18-9-7-13(8-10-18)23(21,22)11-15(19)17-2/h3-6,13H,7-11H2,1-2H3,(H,17,19). The highest BCUT2D eigenvalue weighted by atomic mass is 32.2. The molecular weight excluding hydrogens is 316 g/mol. The van der Waals surface area contributed by atoms with Gasteiger partial charge in [-0.2, -0.15) is 0 Å². The Hall–Kier alpha value is -1.89. The molecule has 0 atom stereocenters. The molecule has 0 saturated carbocycles. The number of sulfone groups is 1. The predicted octanol–water partition coefficient (Wildman–Crippen LogP) is 0.760. The largest absolute Gasteiger partial charge is 0.358 e. The Labute approximate surface area is 136 Å². The van der Waals surface area contributed by atoms with Gasteiger partial charge in [0.1, 0.15) is 5.75 Å². The van der Waals surface area contributed by atoms with Crippen molar-refractivity contribution in [3.05, 3.63) is 35.4 Å². The summed E-state index contributed by atoms with van der Waals surface area (Å²) in [6.45, 7) is 2.67. The van der Waals surface area contributed by atoms with Crippen LogP contribution in [0.4, 0.5) is 0 Å². The molecule has 2 amide bonds. The van der Waals surface area contributed by atoms with Crippen molar-refractivity contribution in [2.24, 2.45) is 0 Å². The van der Waals surface area contributed by atoms with Gasteiger partial charge < -0.3 is 10.2 Å². The van der Waals surface area contributed by atoms with E-state index in [1.165, 1.54) is 7.05 Å². The Bertz CT molecular complexity index is 692. The van der Waals surface area contributed by atoms with Crippen LogP contribution in [0.5, 0.6) is 0 Å². The van der Waals surface area contributed by atoms with E-state index < -0.39 is 26.7 Å². The lowest BCUT2D eigenvalue weighted by Gasteiger charge is -2.32. The van der Waals surface area contributed by atoms with E-state index in [9.17, 15) is 18.0 Å². The maximum absolute atomic E-state index is 12.5. The summed E-state index contributed by atoms with van der Waals surface area (Å²) in [6.07, 6.45) is 0.744. The van der Waals surface area contributed by atoms with Crippen molar-refractivity contribution in [1.29, 1.82) is 0 Å². The molecule has 1 aliphatic rings. The van der Waals surface area contributed by atoms with E-state index in [1.807, 2.05) is 25.1 Å². The molecule has 126 valence electrons. The molecule has 0 bridgehead atoms. The zero-order valence-electron chi connectivity index (χ0n) is 13.4. The smallest absolute Gasteiger partial charge is 0.254 e. The molecule has 1 aliphatic heterocycles. The van der Waals surface area contributed by atoms with Gasteiger partial charge >= 0.3 is 0 Å². The first kappa shape index (κ1) is 17.5. The van der Waals surface area contributed by atoms with Gasteiger partial charge in [0, 0.05) is 25.7 Å². The molecule has 1 saturated heterocycles. The van der Waals surface area contributed by atoms with Crippen LogP contribution < -0.4 is 5.32 Å².